The lowest BCUT2D eigenvalue weighted by molar-refractivity contribution is 0.195. The first-order chi connectivity index (χ1) is 9.29. The van der Waals surface area contributed by atoms with E-state index >= 15 is 0 Å². The van der Waals surface area contributed by atoms with Gasteiger partial charge in [-0.2, -0.15) is 0 Å². The summed E-state index contributed by atoms with van der Waals surface area (Å²) in [7, 11) is -4.28. The zero-order valence-electron chi connectivity index (χ0n) is 10.2. The van der Waals surface area contributed by atoms with Gasteiger partial charge in [-0.25, -0.2) is 22.2 Å². The Morgan fingerprint density at radius 1 is 1.40 bits per heavy atom. The molecule has 1 aromatic heterocycles. The van der Waals surface area contributed by atoms with E-state index in [0.29, 0.717) is 6.07 Å². The number of aromatic nitrogens is 1. The van der Waals surface area contributed by atoms with Crippen molar-refractivity contribution in [3.8, 4) is 0 Å². The molecule has 0 fully saturated rings. The van der Waals surface area contributed by atoms with Gasteiger partial charge in [-0.15, -0.1) is 11.3 Å². The van der Waals surface area contributed by atoms with E-state index in [0.717, 1.165) is 23.5 Å². The van der Waals surface area contributed by atoms with Crippen molar-refractivity contribution < 1.29 is 22.3 Å². The lowest BCUT2D eigenvalue weighted by Crippen LogP contribution is -2.15. The number of nitrogens with one attached hydrogen (secondary N) is 1. The zero-order chi connectivity index (χ0) is 14.9. The van der Waals surface area contributed by atoms with Crippen LogP contribution in [0, 0.1) is 11.6 Å². The molecule has 0 amide bonds. The van der Waals surface area contributed by atoms with E-state index in [4.69, 9.17) is 0 Å². The van der Waals surface area contributed by atoms with Crippen LogP contribution in [0.4, 0.5) is 13.9 Å². The van der Waals surface area contributed by atoms with E-state index in [1.807, 2.05) is 4.72 Å². The number of thiazole rings is 1. The lowest BCUT2D eigenvalue weighted by Gasteiger charge is -2.06. The first-order valence-electron chi connectivity index (χ1n) is 5.41. The number of hydrogen-bond donors (Lipinski definition) is 2. The number of nitrogens with zero attached hydrogens (tertiary/aromatic N) is 1. The standard InChI is InChI=1S/C11H10F2N2O3S2/c1-6(16)9-5-19-11(14-9)15-20(17,18)10-4-7(12)2-3-8(10)13/h2-6,16H,1H3,(H,14,15). The third kappa shape index (κ3) is 3.11. The lowest BCUT2D eigenvalue weighted by atomic mass is 10.3. The highest BCUT2D eigenvalue weighted by Crippen LogP contribution is 2.24. The van der Waals surface area contributed by atoms with E-state index in [9.17, 15) is 22.3 Å². The molecule has 5 nitrogen and oxygen atoms in total. The summed E-state index contributed by atoms with van der Waals surface area (Å²) in [5.41, 5.74) is 0.285. The highest BCUT2D eigenvalue weighted by atomic mass is 32.2. The molecule has 1 unspecified atom stereocenters. The van der Waals surface area contributed by atoms with Crippen LogP contribution in [0.5, 0.6) is 0 Å². The number of rotatable bonds is 4. The molecule has 0 saturated heterocycles. The van der Waals surface area contributed by atoms with Gasteiger partial charge < -0.3 is 5.11 Å². The predicted molar refractivity (Wildman–Crippen MR) is 69.9 cm³/mol. The van der Waals surface area contributed by atoms with Gasteiger partial charge >= 0.3 is 0 Å². The van der Waals surface area contributed by atoms with E-state index in [1.165, 1.54) is 12.3 Å². The molecule has 1 aromatic carbocycles. The summed E-state index contributed by atoms with van der Waals surface area (Å²) in [6.45, 7) is 1.47. The van der Waals surface area contributed by atoms with Gasteiger partial charge in [-0.05, 0) is 25.1 Å². The molecular formula is C11H10F2N2O3S2. The fourth-order valence-electron chi connectivity index (χ4n) is 1.38. The highest BCUT2D eigenvalue weighted by Gasteiger charge is 2.21. The molecule has 2 aromatic rings. The van der Waals surface area contributed by atoms with Crippen LogP contribution in [0.3, 0.4) is 0 Å². The van der Waals surface area contributed by atoms with Crippen molar-refractivity contribution in [2.45, 2.75) is 17.9 Å². The average Bonchev–Trinajstić information content (AvgIpc) is 2.80. The third-order valence-electron chi connectivity index (χ3n) is 2.35. The van der Waals surface area contributed by atoms with Crippen LogP contribution >= 0.6 is 11.3 Å². The van der Waals surface area contributed by atoms with E-state index in [1.54, 1.807) is 0 Å². The summed E-state index contributed by atoms with van der Waals surface area (Å²) >= 11 is 0.932. The van der Waals surface area contributed by atoms with Crippen LogP contribution in [0.25, 0.3) is 0 Å². The summed E-state index contributed by atoms with van der Waals surface area (Å²) in [6.07, 6.45) is -0.851. The Morgan fingerprint density at radius 3 is 2.70 bits per heavy atom. The number of hydrogen-bond acceptors (Lipinski definition) is 5. The van der Waals surface area contributed by atoms with Crippen LogP contribution in [-0.2, 0) is 10.0 Å². The molecule has 20 heavy (non-hydrogen) atoms. The molecule has 0 aliphatic heterocycles. The molecule has 0 saturated carbocycles. The number of aliphatic hydroxyl groups is 1. The summed E-state index contributed by atoms with van der Waals surface area (Å²) in [5.74, 6) is -1.93. The quantitative estimate of drug-likeness (QED) is 0.906. The number of anilines is 1. The Balaban J connectivity index is 2.33. The van der Waals surface area contributed by atoms with E-state index in [-0.39, 0.29) is 10.8 Å². The molecule has 9 heteroatoms. The van der Waals surface area contributed by atoms with Crippen LogP contribution in [-0.4, -0.2) is 18.5 Å². The maximum Gasteiger partial charge on any atom is 0.266 e. The zero-order valence-corrected chi connectivity index (χ0v) is 11.8. The van der Waals surface area contributed by atoms with Crippen LogP contribution in [0.1, 0.15) is 18.7 Å². The Labute approximate surface area is 118 Å². The molecule has 0 aliphatic carbocycles. The van der Waals surface area contributed by atoms with Crippen molar-refractivity contribution in [3.05, 3.63) is 40.9 Å². The van der Waals surface area contributed by atoms with Gasteiger partial charge in [0.05, 0.1) is 11.8 Å². The second-order valence-electron chi connectivity index (χ2n) is 3.93. The minimum Gasteiger partial charge on any atom is -0.387 e. The van der Waals surface area contributed by atoms with Crippen LogP contribution < -0.4 is 4.72 Å². The molecule has 0 aliphatic rings. The largest absolute Gasteiger partial charge is 0.387 e. The Bertz CT molecular complexity index is 729. The van der Waals surface area contributed by atoms with Crippen molar-refractivity contribution >= 4 is 26.5 Å². The average molecular weight is 320 g/mol. The van der Waals surface area contributed by atoms with Crippen LogP contribution in [0.2, 0.25) is 0 Å². The van der Waals surface area contributed by atoms with E-state index in [2.05, 4.69) is 4.98 Å². The molecule has 0 spiro atoms. The molecule has 1 heterocycles. The summed E-state index contributed by atoms with van der Waals surface area (Å²) in [6, 6.07) is 2.14. The van der Waals surface area contributed by atoms with Crippen molar-refractivity contribution in [2.75, 3.05) is 4.72 Å². The minimum atomic E-state index is -4.28. The minimum absolute atomic E-state index is 0.0374. The maximum absolute atomic E-state index is 13.5. The monoisotopic (exact) mass is 320 g/mol. The summed E-state index contributed by atoms with van der Waals surface area (Å²) in [4.78, 5) is 3.03. The highest BCUT2D eigenvalue weighted by molar-refractivity contribution is 7.93. The number of halogens is 2. The van der Waals surface area contributed by atoms with Gasteiger partial charge in [0.25, 0.3) is 10.0 Å². The van der Waals surface area contributed by atoms with Crippen molar-refractivity contribution in [3.63, 3.8) is 0 Å². The Morgan fingerprint density at radius 2 is 2.10 bits per heavy atom. The van der Waals surface area contributed by atoms with Crippen molar-refractivity contribution in [1.29, 1.82) is 0 Å². The normalized spacial score (nSPS) is 13.2. The molecule has 1 atom stereocenters. The molecule has 2 rings (SSSR count). The predicted octanol–water partition coefficient (Wildman–Crippen LogP) is 2.28. The molecular weight excluding hydrogens is 310 g/mol. The topological polar surface area (TPSA) is 79.3 Å². The number of sulfonamides is 1. The first kappa shape index (κ1) is 14.8. The number of aliphatic hydroxyl groups excluding tert-OH is 1. The maximum atomic E-state index is 13.5. The number of benzene rings is 1. The Hall–Kier alpha value is -1.58. The second-order valence-corrected chi connectivity index (χ2v) is 6.44. The SMILES string of the molecule is CC(O)c1csc(NS(=O)(=O)c2cc(F)ccc2F)n1. The summed E-state index contributed by atoms with van der Waals surface area (Å²) < 4.78 is 52.4. The molecule has 108 valence electrons. The second kappa shape index (κ2) is 5.43. The van der Waals surface area contributed by atoms with E-state index < -0.39 is 32.7 Å². The van der Waals surface area contributed by atoms with Crippen molar-refractivity contribution in [2.24, 2.45) is 0 Å². The van der Waals surface area contributed by atoms with Crippen LogP contribution in [0.15, 0.2) is 28.5 Å². The van der Waals surface area contributed by atoms with Gasteiger partial charge in [0, 0.05) is 5.38 Å². The van der Waals surface area contributed by atoms with Gasteiger partial charge in [0.1, 0.15) is 16.5 Å². The van der Waals surface area contributed by atoms with Gasteiger partial charge in [-0.3, -0.25) is 4.72 Å². The molecule has 2 N–H and O–H groups in total. The third-order valence-corrected chi connectivity index (χ3v) is 4.61. The van der Waals surface area contributed by atoms with Gasteiger partial charge in [0.2, 0.25) is 0 Å². The van der Waals surface area contributed by atoms with Gasteiger partial charge in [0.15, 0.2) is 5.13 Å². The first-order valence-corrected chi connectivity index (χ1v) is 7.77. The molecule has 0 radical (unpaired) electrons. The van der Waals surface area contributed by atoms with Crippen molar-refractivity contribution in [1.82, 2.24) is 4.98 Å². The molecule has 0 bridgehead atoms. The van der Waals surface area contributed by atoms with Gasteiger partial charge in [-0.1, -0.05) is 0 Å². The Kier molecular flexibility index (Phi) is 4.02. The fourth-order valence-corrected chi connectivity index (χ4v) is 3.52. The smallest absolute Gasteiger partial charge is 0.266 e. The fraction of sp³-hybridized carbons (Fsp3) is 0.182. The summed E-state index contributed by atoms with van der Waals surface area (Å²) in [5, 5.41) is 10.7.